The van der Waals surface area contributed by atoms with Crippen molar-refractivity contribution >= 4 is 29.1 Å². The second kappa shape index (κ2) is 7.69. The number of hydrogen-bond donors (Lipinski definition) is 1. The van der Waals surface area contributed by atoms with Crippen LogP contribution in [0.4, 0.5) is 4.39 Å². The number of nitrogens with zero attached hydrogens (tertiary/aromatic N) is 4. The summed E-state index contributed by atoms with van der Waals surface area (Å²) in [4.78, 5) is 13.7. The molecule has 4 aromatic rings. The number of piperidine rings is 1. The summed E-state index contributed by atoms with van der Waals surface area (Å²) >= 11 is 0. The van der Waals surface area contributed by atoms with Crippen molar-refractivity contribution in [2.45, 2.75) is 32.6 Å². The Hall–Kier alpha value is -2.57. The van der Waals surface area contributed by atoms with Gasteiger partial charge in [-0.15, -0.1) is 12.4 Å². The second-order valence-corrected chi connectivity index (χ2v) is 7.67. The van der Waals surface area contributed by atoms with Crippen molar-refractivity contribution in [3.8, 4) is 11.1 Å². The van der Waals surface area contributed by atoms with Gasteiger partial charge in [0.1, 0.15) is 11.2 Å². The lowest BCUT2D eigenvalue weighted by Gasteiger charge is -2.22. The van der Waals surface area contributed by atoms with Crippen LogP contribution in [0.15, 0.2) is 36.8 Å². The quantitative estimate of drug-likeness (QED) is 0.524. The zero-order valence-electron chi connectivity index (χ0n) is 16.4. The summed E-state index contributed by atoms with van der Waals surface area (Å²) in [6, 6.07) is 5.52. The Morgan fingerprint density at radius 3 is 2.62 bits per heavy atom. The van der Waals surface area contributed by atoms with Gasteiger partial charge in [0.2, 0.25) is 0 Å². The molecular weight excluding hydrogens is 389 g/mol. The molecule has 0 atom stereocenters. The maximum absolute atomic E-state index is 15.0. The Balaban J connectivity index is 0.00000205. The van der Waals surface area contributed by atoms with E-state index in [1.165, 1.54) is 0 Å². The van der Waals surface area contributed by atoms with E-state index in [4.69, 9.17) is 0 Å². The van der Waals surface area contributed by atoms with E-state index in [1.807, 2.05) is 49.0 Å². The van der Waals surface area contributed by atoms with Gasteiger partial charge in [-0.05, 0) is 74.7 Å². The molecule has 0 spiro atoms. The molecule has 0 radical (unpaired) electrons. The Kier molecular flexibility index (Phi) is 5.23. The van der Waals surface area contributed by atoms with Crippen LogP contribution in [-0.2, 0) is 0 Å². The number of nitrogens with one attached hydrogen (secondary N) is 1. The first-order chi connectivity index (χ1) is 13.6. The van der Waals surface area contributed by atoms with Gasteiger partial charge in [-0.1, -0.05) is 0 Å². The molecule has 7 heteroatoms. The third kappa shape index (κ3) is 3.58. The SMILES string of the molecule is Cc1cn2cc(-c3cc(F)c4nc(C5CCNCC5)cnc4c3)cc(C)c2n1.Cl. The van der Waals surface area contributed by atoms with E-state index < -0.39 is 0 Å². The first kappa shape index (κ1) is 19.7. The number of rotatable bonds is 2. The molecule has 1 aromatic carbocycles. The van der Waals surface area contributed by atoms with E-state index in [0.717, 1.165) is 59.7 Å². The number of halogens is 2. The fourth-order valence-corrected chi connectivity index (χ4v) is 4.12. The van der Waals surface area contributed by atoms with Crippen molar-refractivity contribution in [2.75, 3.05) is 13.1 Å². The van der Waals surface area contributed by atoms with Crippen LogP contribution >= 0.6 is 12.4 Å². The fourth-order valence-electron chi connectivity index (χ4n) is 4.12. The van der Waals surface area contributed by atoms with Crippen molar-refractivity contribution in [2.24, 2.45) is 0 Å². The average molecular weight is 412 g/mol. The standard InChI is InChI=1S/C22H22FN5.ClH/c1-13-7-17(12-28-11-14(2)26-22(13)28)16-8-18(23)21-19(9-16)25-10-20(27-21)15-3-5-24-6-4-15;/h7-12,15,24H,3-6H2,1-2H3;1H. The summed E-state index contributed by atoms with van der Waals surface area (Å²) in [5, 5.41) is 3.35. The van der Waals surface area contributed by atoms with Crippen LogP contribution in [0, 0.1) is 19.7 Å². The Morgan fingerprint density at radius 1 is 1.03 bits per heavy atom. The van der Waals surface area contributed by atoms with Gasteiger partial charge in [-0.3, -0.25) is 4.98 Å². The number of aromatic nitrogens is 4. The summed E-state index contributed by atoms with van der Waals surface area (Å²) in [7, 11) is 0. The van der Waals surface area contributed by atoms with Crippen LogP contribution in [0.1, 0.15) is 35.7 Å². The summed E-state index contributed by atoms with van der Waals surface area (Å²) in [5.74, 6) is 0.0297. The molecule has 0 bridgehead atoms. The number of benzene rings is 1. The molecule has 1 fully saturated rings. The zero-order valence-corrected chi connectivity index (χ0v) is 17.3. The summed E-state index contributed by atoms with van der Waals surface area (Å²) in [6.45, 7) is 5.94. The van der Waals surface area contributed by atoms with Gasteiger partial charge in [0, 0.05) is 24.5 Å². The zero-order chi connectivity index (χ0) is 19.3. The molecule has 0 amide bonds. The van der Waals surface area contributed by atoms with Crippen LogP contribution in [0.5, 0.6) is 0 Å². The Bertz CT molecular complexity index is 1200. The van der Waals surface area contributed by atoms with Crippen molar-refractivity contribution < 1.29 is 4.39 Å². The van der Waals surface area contributed by atoms with Crippen molar-refractivity contribution in [3.63, 3.8) is 0 Å². The molecule has 1 saturated heterocycles. The maximum Gasteiger partial charge on any atom is 0.151 e. The van der Waals surface area contributed by atoms with E-state index in [2.05, 4.69) is 20.3 Å². The Labute approximate surface area is 174 Å². The molecule has 1 aliphatic heterocycles. The van der Waals surface area contributed by atoms with Gasteiger partial charge < -0.3 is 9.72 Å². The molecule has 0 aliphatic carbocycles. The van der Waals surface area contributed by atoms with Gasteiger partial charge in [0.25, 0.3) is 0 Å². The highest BCUT2D eigenvalue weighted by atomic mass is 35.5. The van der Waals surface area contributed by atoms with Crippen LogP contribution in [-0.4, -0.2) is 32.4 Å². The topological polar surface area (TPSA) is 55.1 Å². The number of aryl methyl sites for hydroxylation is 2. The summed E-state index contributed by atoms with van der Waals surface area (Å²) in [5.41, 5.74) is 6.52. The van der Waals surface area contributed by atoms with Crippen LogP contribution in [0.25, 0.3) is 27.8 Å². The van der Waals surface area contributed by atoms with Gasteiger partial charge >= 0.3 is 0 Å². The minimum absolute atomic E-state index is 0. The predicted octanol–water partition coefficient (Wildman–Crippen LogP) is 4.59. The van der Waals surface area contributed by atoms with Crippen molar-refractivity contribution in [1.29, 1.82) is 0 Å². The molecule has 5 nitrogen and oxygen atoms in total. The Morgan fingerprint density at radius 2 is 1.83 bits per heavy atom. The maximum atomic E-state index is 15.0. The highest BCUT2D eigenvalue weighted by Crippen LogP contribution is 2.29. The van der Waals surface area contributed by atoms with E-state index in [1.54, 1.807) is 6.07 Å². The van der Waals surface area contributed by atoms with Gasteiger partial charge in [-0.25, -0.2) is 14.4 Å². The second-order valence-electron chi connectivity index (χ2n) is 7.67. The third-order valence-corrected chi connectivity index (χ3v) is 5.57. The largest absolute Gasteiger partial charge is 0.317 e. The summed E-state index contributed by atoms with van der Waals surface area (Å²) < 4.78 is 17.0. The fraction of sp³-hybridized carbons (Fsp3) is 0.318. The molecule has 4 heterocycles. The van der Waals surface area contributed by atoms with Crippen molar-refractivity contribution in [1.82, 2.24) is 24.7 Å². The average Bonchev–Trinajstić information content (AvgIpc) is 3.09. The van der Waals surface area contributed by atoms with E-state index in [-0.39, 0.29) is 18.2 Å². The minimum atomic E-state index is -0.324. The van der Waals surface area contributed by atoms with Crippen LogP contribution in [0.3, 0.4) is 0 Å². The minimum Gasteiger partial charge on any atom is -0.317 e. The number of fused-ring (bicyclic) bond motifs is 2. The normalized spacial score (nSPS) is 15.0. The smallest absolute Gasteiger partial charge is 0.151 e. The van der Waals surface area contributed by atoms with E-state index in [0.29, 0.717) is 17.0 Å². The highest BCUT2D eigenvalue weighted by molar-refractivity contribution is 5.85. The molecule has 150 valence electrons. The monoisotopic (exact) mass is 411 g/mol. The molecule has 0 saturated carbocycles. The number of hydrogen-bond acceptors (Lipinski definition) is 4. The van der Waals surface area contributed by atoms with Gasteiger partial charge in [0.05, 0.1) is 16.9 Å². The summed E-state index contributed by atoms with van der Waals surface area (Å²) in [6.07, 6.45) is 7.82. The van der Waals surface area contributed by atoms with Gasteiger partial charge in [-0.2, -0.15) is 0 Å². The molecule has 1 aliphatic rings. The molecule has 1 N–H and O–H groups in total. The van der Waals surface area contributed by atoms with Crippen LogP contribution in [0.2, 0.25) is 0 Å². The predicted molar refractivity (Wildman–Crippen MR) is 115 cm³/mol. The molecule has 3 aromatic heterocycles. The highest BCUT2D eigenvalue weighted by Gasteiger charge is 2.18. The van der Waals surface area contributed by atoms with E-state index >= 15 is 0 Å². The number of imidazole rings is 1. The molecule has 0 unspecified atom stereocenters. The first-order valence-corrected chi connectivity index (χ1v) is 9.72. The lowest BCUT2D eigenvalue weighted by Crippen LogP contribution is -2.27. The molecule has 29 heavy (non-hydrogen) atoms. The first-order valence-electron chi connectivity index (χ1n) is 9.72. The molecular formula is C22H23ClFN5. The lowest BCUT2D eigenvalue weighted by atomic mass is 9.95. The van der Waals surface area contributed by atoms with Gasteiger partial charge in [0.15, 0.2) is 5.82 Å². The lowest BCUT2D eigenvalue weighted by molar-refractivity contribution is 0.453. The van der Waals surface area contributed by atoms with Crippen molar-refractivity contribution in [3.05, 3.63) is 59.6 Å². The van der Waals surface area contributed by atoms with E-state index in [9.17, 15) is 4.39 Å². The third-order valence-electron chi connectivity index (χ3n) is 5.57. The number of pyridine rings is 1. The molecule has 5 rings (SSSR count). The van der Waals surface area contributed by atoms with Crippen LogP contribution < -0.4 is 5.32 Å².